The smallest absolute Gasteiger partial charge is 0.154 e. The standard InChI is InChI=1S/C20H26N6O/c1-24-19(16-26-12-6-10-21-26)22-23-20(24)17-7-5-11-25(15-17)13-14-27-18-8-3-2-4-9-18/h2-4,6,8-10,12,17H,5,7,11,13-16H2,1H3. The van der Waals surface area contributed by atoms with Crippen molar-refractivity contribution < 1.29 is 4.74 Å². The molecule has 1 fully saturated rings. The molecule has 1 aliphatic rings. The third kappa shape index (κ3) is 4.36. The molecule has 3 heterocycles. The molecule has 0 aliphatic carbocycles. The molecule has 0 bridgehead atoms. The maximum atomic E-state index is 5.85. The van der Waals surface area contributed by atoms with E-state index in [4.69, 9.17) is 4.74 Å². The number of aromatic nitrogens is 5. The van der Waals surface area contributed by atoms with Crippen molar-refractivity contribution in [1.29, 1.82) is 0 Å². The maximum Gasteiger partial charge on any atom is 0.154 e. The summed E-state index contributed by atoms with van der Waals surface area (Å²) in [7, 11) is 2.06. The Labute approximate surface area is 159 Å². The van der Waals surface area contributed by atoms with E-state index in [1.54, 1.807) is 6.20 Å². The molecule has 1 atom stereocenters. The van der Waals surface area contributed by atoms with E-state index in [9.17, 15) is 0 Å². The Morgan fingerprint density at radius 1 is 1.15 bits per heavy atom. The number of para-hydroxylation sites is 1. The SMILES string of the molecule is Cn1c(Cn2cccn2)nnc1C1CCCN(CCOc2ccccc2)C1. The lowest BCUT2D eigenvalue weighted by Gasteiger charge is -2.32. The maximum absolute atomic E-state index is 5.85. The molecule has 1 aliphatic heterocycles. The van der Waals surface area contributed by atoms with E-state index in [1.807, 2.05) is 47.3 Å². The fourth-order valence-corrected chi connectivity index (χ4v) is 3.69. The summed E-state index contributed by atoms with van der Waals surface area (Å²) < 4.78 is 9.86. The molecule has 2 aromatic heterocycles. The third-order valence-electron chi connectivity index (χ3n) is 5.15. The van der Waals surface area contributed by atoms with E-state index in [0.29, 0.717) is 19.1 Å². The van der Waals surface area contributed by atoms with Crippen molar-refractivity contribution in [3.8, 4) is 5.75 Å². The molecule has 7 heteroatoms. The summed E-state index contributed by atoms with van der Waals surface area (Å²) in [5.74, 6) is 3.37. The van der Waals surface area contributed by atoms with Crippen molar-refractivity contribution in [2.45, 2.75) is 25.3 Å². The van der Waals surface area contributed by atoms with Crippen molar-refractivity contribution in [3.05, 3.63) is 60.4 Å². The fourth-order valence-electron chi connectivity index (χ4n) is 3.69. The molecule has 142 valence electrons. The molecule has 0 N–H and O–H groups in total. The van der Waals surface area contributed by atoms with E-state index >= 15 is 0 Å². The lowest BCUT2D eigenvalue weighted by atomic mass is 9.97. The molecule has 1 aromatic carbocycles. The molecule has 0 amide bonds. The van der Waals surface area contributed by atoms with Gasteiger partial charge in [0.2, 0.25) is 0 Å². The monoisotopic (exact) mass is 366 g/mol. The Bertz CT molecular complexity index is 830. The predicted octanol–water partition coefficient (Wildman–Crippen LogP) is 2.32. The van der Waals surface area contributed by atoms with Gasteiger partial charge in [0.05, 0.1) is 0 Å². The van der Waals surface area contributed by atoms with Gasteiger partial charge in [-0.25, -0.2) is 0 Å². The van der Waals surface area contributed by atoms with Gasteiger partial charge in [0.15, 0.2) is 5.82 Å². The second-order valence-electron chi connectivity index (χ2n) is 7.04. The number of piperidine rings is 1. The molecule has 1 saturated heterocycles. The lowest BCUT2D eigenvalue weighted by molar-refractivity contribution is 0.167. The molecule has 7 nitrogen and oxygen atoms in total. The zero-order chi connectivity index (χ0) is 18.5. The third-order valence-corrected chi connectivity index (χ3v) is 5.15. The van der Waals surface area contributed by atoms with Crippen LogP contribution in [0.1, 0.15) is 30.4 Å². The molecule has 0 spiro atoms. The van der Waals surface area contributed by atoms with Crippen LogP contribution >= 0.6 is 0 Å². The topological polar surface area (TPSA) is 61.0 Å². The van der Waals surface area contributed by atoms with E-state index < -0.39 is 0 Å². The van der Waals surface area contributed by atoms with Gasteiger partial charge in [0.25, 0.3) is 0 Å². The minimum atomic E-state index is 0.416. The first-order valence-electron chi connectivity index (χ1n) is 9.55. The van der Waals surface area contributed by atoms with E-state index in [1.165, 1.54) is 6.42 Å². The minimum Gasteiger partial charge on any atom is -0.492 e. The van der Waals surface area contributed by atoms with Crippen LogP contribution < -0.4 is 4.74 Å². The summed E-state index contributed by atoms with van der Waals surface area (Å²) in [6.07, 6.45) is 6.07. The number of nitrogens with zero attached hydrogens (tertiary/aromatic N) is 6. The first-order chi connectivity index (χ1) is 13.3. The van der Waals surface area contributed by atoms with Crippen molar-refractivity contribution in [3.63, 3.8) is 0 Å². The van der Waals surface area contributed by atoms with Gasteiger partial charge in [0.1, 0.15) is 24.7 Å². The van der Waals surface area contributed by atoms with Gasteiger partial charge in [-0.15, -0.1) is 10.2 Å². The van der Waals surface area contributed by atoms with Crippen molar-refractivity contribution in [2.24, 2.45) is 7.05 Å². The van der Waals surface area contributed by atoms with Crippen LogP contribution in [0.3, 0.4) is 0 Å². The van der Waals surface area contributed by atoms with Crippen LogP contribution in [0.4, 0.5) is 0 Å². The Kier molecular flexibility index (Phi) is 5.48. The van der Waals surface area contributed by atoms with E-state index in [-0.39, 0.29) is 0 Å². The Morgan fingerprint density at radius 2 is 2.04 bits per heavy atom. The quantitative estimate of drug-likeness (QED) is 0.642. The van der Waals surface area contributed by atoms with Gasteiger partial charge in [-0.2, -0.15) is 5.10 Å². The van der Waals surface area contributed by atoms with Crippen LogP contribution in [-0.4, -0.2) is 55.7 Å². The summed E-state index contributed by atoms with van der Waals surface area (Å²) in [4.78, 5) is 2.47. The Morgan fingerprint density at radius 3 is 2.85 bits per heavy atom. The van der Waals surface area contributed by atoms with Crippen LogP contribution in [-0.2, 0) is 13.6 Å². The summed E-state index contributed by atoms with van der Waals surface area (Å²) in [5, 5.41) is 13.2. The molecule has 27 heavy (non-hydrogen) atoms. The van der Waals surface area contributed by atoms with Gasteiger partial charge < -0.3 is 9.30 Å². The van der Waals surface area contributed by atoms with E-state index in [2.05, 4.69) is 31.8 Å². The average molecular weight is 366 g/mol. The van der Waals surface area contributed by atoms with Crippen molar-refractivity contribution >= 4 is 0 Å². The van der Waals surface area contributed by atoms with Gasteiger partial charge in [-0.05, 0) is 37.6 Å². The zero-order valence-corrected chi connectivity index (χ0v) is 15.7. The summed E-state index contributed by atoms with van der Waals surface area (Å²) in [6, 6.07) is 11.9. The van der Waals surface area contributed by atoms with Crippen LogP contribution in [0, 0.1) is 0 Å². The Hall–Kier alpha value is -2.67. The number of rotatable bonds is 7. The normalized spacial score (nSPS) is 17.9. The highest BCUT2D eigenvalue weighted by molar-refractivity contribution is 5.20. The minimum absolute atomic E-state index is 0.416. The van der Waals surface area contributed by atoms with Crippen molar-refractivity contribution in [1.82, 2.24) is 29.4 Å². The number of hydrogen-bond acceptors (Lipinski definition) is 5. The molecule has 0 saturated carbocycles. The molecular weight excluding hydrogens is 340 g/mol. The van der Waals surface area contributed by atoms with Crippen LogP contribution in [0.25, 0.3) is 0 Å². The number of ether oxygens (including phenoxy) is 1. The number of likely N-dealkylation sites (tertiary alicyclic amines) is 1. The Balaban J connectivity index is 1.33. The fraction of sp³-hybridized carbons (Fsp3) is 0.450. The highest BCUT2D eigenvalue weighted by Gasteiger charge is 2.25. The van der Waals surface area contributed by atoms with Gasteiger partial charge in [-0.1, -0.05) is 18.2 Å². The number of hydrogen-bond donors (Lipinski definition) is 0. The lowest BCUT2D eigenvalue weighted by Crippen LogP contribution is -2.37. The second kappa shape index (κ2) is 8.35. The zero-order valence-electron chi connectivity index (χ0n) is 15.7. The molecule has 4 rings (SSSR count). The number of benzene rings is 1. The first-order valence-corrected chi connectivity index (χ1v) is 9.55. The van der Waals surface area contributed by atoms with Crippen LogP contribution in [0.15, 0.2) is 48.8 Å². The molecule has 3 aromatic rings. The average Bonchev–Trinajstić information content (AvgIpc) is 3.34. The van der Waals surface area contributed by atoms with Gasteiger partial charge >= 0.3 is 0 Å². The predicted molar refractivity (Wildman–Crippen MR) is 103 cm³/mol. The first kappa shape index (κ1) is 17.7. The van der Waals surface area contributed by atoms with Crippen LogP contribution in [0.2, 0.25) is 0 Å². The molecular formula is C20H26N6O. The summed E-state index contributed by atoms with van der Waals surface area (Å²) in [5.41, 5.74) is 0. The highest BCUT2D eigenvalue weighted by atomic mass is 16.5. The van der Waals surface area contributed by atoms with Crippen LogP contribution in [0.5, 0.6) is 5.75 Å². The van der Waals surface area contributed by atoms with Crippen molar-refractivity contribution in [2.75, 3.05) is 26.2 Å². The largest absolute Gasteiger partial charge is 0.492 e. The van der Waals surface area contributed by atoms with Gasteiger partial charge in [0, 0.05) is 38.4 Å². The molecule has 0 radical (unpaired) electrons. The molecule has 1 unspecified atom stereocenters. The second-order valence-corrected chi connectivity index (χ2v) is 7.04. The van der Waals surface area contributed by atoms with Gasteiger partial charge in [-0.3, -0.25) is 9.58 Å². The highest BCUT2D eigenvalue weighted by Crippen LogP contribution is 2.25. The van der Waals surface area contributed by atoms with E-state index in [0.717, 1.165) is 43.5 Å². The summed E-state index contributed by atoms with van der Waals surface area (Å²) in [6.45, 7) is 4.42. The summed E-state index contributed by atoms with van der Waals surface area (Å²) >= 11 is 0.